The number of hydrogen-bond donors (Lipinski definition) is 1. The second-order valence-corrected chi connectivity index (χ2v) is 7.85. The summed E-state index contributed by atoms with van der Waals surface area (Å²) in [6.45, 7) is 3.20. The van der Waals surface area contributed by atoms with Crippen LogP contribution in [0.3, 0.4) is 0 Å². The molecular formula is C21H26N2O2S. The predicted octanol–water partition coefficient (Wildman–Crippen LogP) is 3.72. The number of nitrogens with one attached hydrogen (secondary N) is 1. The van der Waals surface area contributed by atoms with Crippen LogP contribution >= 0.6 is 11.3 Å². The molecule has 0 unspecified atom stereocenters. The van der Waals surface area contributed by atoms with Crippen molar-refractivity contribution in [3.05, 3.63) is 47.3 Å². The van der Waals surface area contributed by atoms with Gasteiger partial charge in [-0.15, -0.1) is 11.3 Å². The number of likely N-dealkylation sites (tertiary alicyclic amines) is 1. The molecule has 5 heteroatoms. The third-order valence-corrected chi connectivity index (χ3v) is 6.32. The van der Waals surface area contributed by atoms with Crippen LogP contribution in [0.25, 0.3) is 10.4 Å². The summed E-state index contributed by atoms with van der Waals surface area (Å²) in [5, 5.41) is 4.95. The van der Waals surface area contributed by atoms with Crippen LogP contribution in [0.4, 0.5) is 0 Å². The molecule has 1 N–H and O–H groups in total. The highest BCUT2D eigenvalue weighted by molar-refractivity contribution is 7.13. The summed E-state index contributed by atoms with van der Waals surface area (Å²) in [6.07, 6.45) is 2.64. The number of amides is 2. The molecular weight excluding hydrogens is 344 g/mol. The maximum Gasteiger partial charge on any atom is 0.226 e. The molecule has 2 amide bonds. The van der Waals surface area contributed by atoms with Crippen molar-refractivity contribution in [1.82, 2.24) is 10.2 Å². The average molecular weight is 371 g/mol. The van der Waals surface area contributed by atoms with Gasteiger partial charge in [-0.25, -0.2) is 0 Å². The minimum absolute atomic E-state index is 0.0853. The van der Waals surface area contributed by atoms with Crippen molar-refractivity contribution in [3.8, 4) is 10.4 Å². The van der Waals surface area contributed by atoms with Crippen LogP contribution in [0.5, 0.6) is 0 Å². The molecule has 26 heavy (non-hydrogen) atoms. The Morgan fingerprint density at radius 3 is 2.50 bits per heavy atom. The van der Waals surface area contributed by atoms with Crippen molar-refractivity contribution in [2.45, 2.75) is 32.6 Å². The molecule has 1 aliphatic heterocycles. The Morgan fingerprint density at radius 1 is 1.15 bits per heavy atom. The highest BCUT2D eigenvalue weighted by Gasteiger charge is 2.42. The number of carbonyl (C=O) groups excluding carboxylic acids is 2. The zero-order chi connectivity index (χ0) is 18.6. The van der Waals surface area contributed by atoms with E-state index in [0.29, 0.717) is 38.8 Å². The largest absolute Gasteiger partial charge is 0.359 e. The molecule has 0 spiro atoms. The molecule has 2 heterocycles. The van der Waals surface area contributed by atoms with E-state index in [2.05, 4.69) is 35.0 Å². The third-order valence-electron chi connectivity index (χ3n) is 5.42. The molecule has 4 nitrogen and oxygen atoms in total. The van der Waals surface area contributed by atoms with Gasteiger partial charge in [0.05, 0.1) is 5.41 Å². The number of rotatable bonds is 5. The number of benzene rings is 1. The van der Waals surface area contributed by atoms with Gasteiger partial charge in [0.25, 0.3) is 0 Å². The fourth-order valence-electron chi connectivity index (χ4n) is 3.87. The predicted molar refractivity (Wildman–Crippen MR) is 106 cm³/mol. The van der Waals surface area contributed by atoms with Crippen LogP contribution in [-0.2, 0) is 16.0 Å². The van der Waals surface area contributed by atoms with Crippen molar-refractivity contribution in [2.24, 2.45) is 5.41 Å². The third kappa shape index (κ3) is 3.68. The van der Waals surface area contributed by atoms with Crippen LogP contribution in [0, 0.1) is 5.41 Å². The summed E-state index contributed by atoms with van der Waals surface area (Å²) in [7, 11) is 1.71. The van der Waals surface area contributed by atoms with Gasteiger partial charge >= 0.3 is 0 Å². The monoisotopic (exact) mass is 370 g/mol. The highest BCUT2D eigenvalue weighted by Crippen LogP contribution is 2.39. The smallest absolute Gasteiger partial charge is 0.226 e. The SMILES string of the molecule is CCC(=O)N1CCC(Cc2ccccc2-c2cccs2)(C(=O)NC)CC1. The summed E-state index contributed by atoms with van der Waals surface area (Å²) >= 11 is 1.72. The van der Waals surface area contributed by atoms with E-state index in [4.69, 9.17) is 0 Å². The molecule has 138 valence electrons. The maximum absolute atomic E-state index is 12.8. The van der Waals surface area contributed by atoms with Crippen LogP contribution < -0.4 is 5.32 Å². The van der Waals surface area contributed by atoms with E-state index in [1.807, 2.05) is 24.0 Å². The van der Waals surface area contributed by atoms with E-state index in [9.17, 15) is 9.59 Å². The Kier molecular flexibility index (Phi) is 5.77. The zero-order valence-electron chi connectivity index (χ0n) is 15.5. The molecule has 0 saturated carbocycles. The molecule has 1 saturated heterocycles. The lowest BCUT2D eigenvalue weighted by Crippen LogP contribution is -2.50. The van der Waals surface area contributed by atoms with E-state index >= 15 is 0 Å². The molecule has 0 aliphatic carbocycles. The van der Waals surface area contributed by atoms with Crippen molar-refractivity contribution in [2.75, 3.05) is 20.1 Å². The Hall–Kier alpha value is -2.14. The first-order chi connectivity index (χ1) is 12.6. The van der Waals surface area contributed by atoms with Crippen molar-refractivity contribution >= 4 is 23.2 Å². The summed E-state index contributed by atoms with van der Waals surface area (Å²) in [6, 6.07) is 12.5. The van der Waals surface area contributed by atoms with Gasteiger partial charge in [-0.3, -0.25) is 9.59 Å². The minimum Gasteiger partial charge on any atom is -0.359 e. The fraction of sp³-hybridized carbons (Fsp3) is 0.429. The first-order valence-corrected chi connectivity index (χ1v) is 10.1. The Morgan fingerprint density at radius 2 is 1.88 bits per heavy atom. The second-order valence-electron chi connectivity index (χ2n) is 6.91. The van der Waals surface area contributed by atoms with E-state index in [1.54, 1.807) is 18.4 Å². The molecule has 0 radical (unpaired) electrons. The summed E-state index contributed by atoms with van der Waals surface area (Å²) in [5.41, 5.74) is 1.96. The van der Waals surface area contributed by atoms with Gasteiger partial charge in [-0.1, -0.05) is 37.3 Å². The zero-order valence-corrected chi connectivity index (χ0v) is 16.3. The summed E-state index contributed by atoms with van der Waals surface area (Å²) < 4.78 is 0. The second kappa shape index (κ2) is 8.04. The van der Waals surface area contributed by atoms with Gasteiger partial charge < -0.3 is 10.2 Å². The number of hydrogen-bond acceptors (Lipinski definition) is 3. The lowest BCUT2D eigenvalue weighted by Gasteiger charge is -2.41. The van der Waals surface area contributed by atoms with Crippen molar-refractivity contribution in [1.29, 1.82) is 0 Å². The Balaban J connectivity index is 1.88. The summed E-state index contributed by atoms with van der Waals surface area (Å²) in [5.74, 6) is 0.261. The van der Waals surface area contributed by atoms with Crippen LogP contribution in [-0.4, -0.2) is 36.9 Å². The van der Waals surface area contributed by atoms with Crippen molar-refractivity contribution < 1.29 is 9.59 Å². The average Bonchev–Trinajstić information content (AvgIpc) is 3.22. The van der Waals surface area contributed by atoms with Gasteiger partial charge in [-0.2, -0.15) is 0 Å². The molecule has 1 fully saturated rings. The molecule has 2 aromatic rings. The number of thiophene rings is 1. The molecule has 0 atom stereocenters. The molecule has 1 aromatic heterocycles. The molecule has 3 rings (SSSR count). The minimum atomic E-state index is -0.452. The number of piperidine rings is 1. The van der Waals surface area contributed by atoms with E-state index in [1.165, 1.54) is 16.0 Å². The lowest BCUT2D eigenvalue weighted by molar-refractivity contribution is -0.140. The molecule has 1 aromatic carbocycles. The van der Waals surface area contributed by atoms with Crippen LogP contribution in [0.1, 0.15) is 31.7 Å². The van der Waals surface area contributed by atoms with E-state index in [-0.39, 0.29) is 11.8 Å². The Bertz CT molecular complexity index is 762. The number of nitrogens with zero attached hydrogens (tertiary/aromatic N) is 1. The first-order valence-electron chi connectivity index (χ1n) is 9.21. The Labute approximate surface area is 159 Å². The fourth-order valence-corrected chi connectivity index (χ4v) is 4.66. The topological polar surface area (TPSA) is 49.4 Å². The van der Waals surface area contributed by atoms with Gasteiger partial charge in [-0.05, 0) is 41.8 Å². The lowest BCUT2D eigenvalue weighted by atomic mass is 9.72. The quantitative estimate of drug-likeness (QED) is 0.872. The van der Waals surface area contributed by atoms with Gasteiger partial charge in [0, 0.05) is 31.4 Å². The van der Waals surface area contributed by atoms with Gasteiger partial charge in [0.2, 0.25) is 11.8 Å². The first kappa shape index (κ1) is 18.6. The van der Waals surface area contributed by atoms with Gasteiger partial charge in [0.15, 0.2) is 0 Å². The number of carbonyl (C=O) groups is 2. The van der Waals surface area contributed by atoms with Crippen LogP contribution in [0.2, 0.25) is 0 Å². The molecule has 1 aliphatic rings. The normalized spacial score (nSPS) is 16.3. The standard InChI is InChI=1S/C21H26N2O2S/c1-3-19(24)23-12-10-21(11-13-23,20(25)22-2)15-16-7-4-5-8-17(16)18-9-6-14-26-18/h4-9,14H,3,10-13,15H2,1-2H3,(H,22,25). The summed E-state index contributed by atoms with van der Waals surface area (Å²) in [4.78, 5) is 28.0. The van der Waals surface area contributed by atoms with Gasteiger partial charge in [0.1, 0.15) is 0 Å². The highest BCUT2D eigenvalue weighted by atomic mass is 32.1. The van der Waals surface area contributed by atoms with Crippen LogP contribution in [0.15, 0.2) is 41.8 Å². The van der Waals surface area contributed by atoms with E-state index < -0.39 is 5.41 Å². The maximum atomic E-state index is 12.8. The van der Waals surface area contributed by atoms with E-state index in [0.717, 1.165) is 0 Å². The van der Waals surface area contributed by atoms with Crippen molar-refractivity contribution in [3.63, 3.8) is 0 Å². The molecule has 0 bridgehead atoms.